The van der Waals surface area contributed by atoms with Crippen LogP contribution in [0, 0.1) is 5.41 Å². The van der Waals surface area contributed by atoms with Crippen LogP contribution in [0.4, 0.5) is 5.69 Å². The van der Waals surface area contributed by atoms with E-state index in [0.717, 1.165) is 45.6 Å². The van der Waals surface area contributed by atoms with Gasteiger partial charge in [0.15, 0.2) is 0 Å². The number of nitrogens with zero attached hydrogens (tertiary/aromatic N) is 1. The van der Waals surface area contributed by atoms with Gasteiger partial charge in [-0.15, -0.1) is 0 Å². The first kappa shape index (κ1) is 25.8. The molecule has 4 rings (SSSR count). The average molecular weight is 493 g/mol. The molecule has 0 unspecified atom stereocenters. The van der Waals surface area contributed by atoms with Crippen LogP contribution >= 0.6 is 34.8 Å². The highest BCUT2D eigenvalue weighted by Gasteiger charge is 2.11. The molecule has 8 heteroatoms. The van der Waals surface area contributed by atoms with Crippen molar-refractivity contribution in [1.82, 2.24) is 4.57 Å². The van der Waals surface area contributed by atoms with Gasteiger partial charge in [-0.25, -0.2) is 0 Å². The summed E-state index contributed by atoms with van der Waals surface area (Å²) in [5.74, 6) is 0. The van der Waals surface area contributed by atoms with E-state index in [1.165, 1.54) is 5.39 Å². The minimum atomic E-state index is 0.561. The first-order valence-corrected chi connectivity index (χ1v) is 11.4. The van der Waals surface area contributed by atoms with Gasteiger partial charge in [-0.2, -0.15) is 0 Å². The van der Waals surface area contributed by atoms with E-state index >= 15 is 0 Å². The molecule has 5 nitrogen and oxygen atoms in total. The van der Waals surface area contributed by atoms with Crippen LogP contribution in [0.25, 0.3) is 21.8 Å². The third-order valence-electron chi connectivity index (χ3n) is 4.66. The number of nitrogens with two attached hydrogens (primary N) is 2. The zero-order valence-electron chi connectivity index (χ0n) is 18.1. The van der Waals surface area contributed by atoms with Crippen molar-refractivity contribution >= 4 is 68.6 Å². The highest BCUT2D eigenvalue weighted by atomic mass is 35.5. The molecule has 0 aliphatic heterocycles. The third kappa shape index (κ3) is 6.08. The lowest BCUT2D eigenvalue weighted by molar-refractivity contribution is 0.758. The summed E-state index contributed by atoms with van der Waals surface area (Å²) in [7, 11) is 0. The lowest BCUT2D eigenvalue weighted by Crippen LogP contribution is -2.09. The highest BCUT2D eigenvalue weighted by molar-refractivity contribution is 6.42. The van der Waals surface area contributed by atoms with Crippen LogP contribution in [-0.2, 0) is 13.1 Å². The summed E-state index contributed by atoms with van der Waals surface area (Å²) >= 11 is 18.3. The van der Waals surface area contributed by atoms with Gasteiger partial charge in [0.05, 0.1) is 21.9 Å². The molecule has 0 spiro atoms. The van der Waals surface area contributed by atoms with Gasteiger partial charge >= 0.3 is 0 Å². The molecule has 0 aliphatic carbocycles. The third-order valence-corrected chi connectivity index (χ3v) is 5.64. The Balaban J connectivity index is 0.000000671. The quantitative estimate of drug-likeness (QED) is 0.180. The van der Waals surface area contributed by atoms with Crippen LogP contribution in [0.2, 0.25) is 15.1 Å². The predicted octanol–water partition coefficient (Wildman–Crippen LogP) is 6.90. The van der Waals surface area contributed by atoms with E-state index in [0.29, 0.717) is 23.1 Å². The molecule has 3 aromatic carbocycles. The smallest absolute Gasteiger partial charge is 0.0765 e. The van der Waals surface area contributed by atoms with Gasteiger partial charge < -0.3 is 21.4 Å². The zero-order valence-corrected chi connectivity index (χ0v) is 20.4. The Morgan fingerprint density at radius 3 is 2.28 bits per heavy atom. The van der Waals surface area contributed by atoms with Crippen LogP contribution in [0.1, 0.15) is 19.4 Å². The van der Waals surface area contributed by atoms with Crippen LogP contribution in [0.5, 0.6) is 0 Å². The van der Waals surface area contributed by atoms with Gasteiger partial charge in [0.2, 0.25) is 0 Å². The largest absolute Gasteiger partial charge is 0.390 e. The maximum Gasteiger partial charge on any atom is 0.0765 e. The fourth-order valence-corrected chi connectivity index (χ4v) is 3.90. The van der Waals surface area contributed by atoms with E-state index in [-0.39, 0.29) is 0 Å². The maximum absolute atomic E-state index is 6.21. The molecule has 170 valence electrons. The minimum Gasteiger partial charge on any atom is -0.390 e. The number of fused-ring (bicyclic) bond motifs is 3. The van der Waals surface area contributed by atoms with Crippen molar-refractivity contribution in [3.8, 4) is 0 Å². The predicted molar refractivity (Wildman–Crippen MR) is 142 cm³/mol. The number of hydrogen-bond acceptors (Lipinski definition) is 3. The van der Waals surface area contributed by atoms with Gasteiger partial charge in [0.25, 0.3) is 0 Å². The summed E-state index contributed by atoms with van der Waals surface area (Å²) in [6.45, 7) is 5.98. The van der Waals surface area contributed by atoms with Crippen LogP contribution < -0.4 is 16.8 Å². The molecule has 32 heavy (non-hydrogen) atoms. The van der Waals surface area contributed by atoms with Gasteiger partial charge in [-0.05, 0) is 48.0 Å². The van der Waals surface area contributed by atoms with E-state index in [2.05, 4.69) is 39.9 Å². The molecule has 0 bridgehead atoms. The molecule has 0 amide bonds. The van der Waals surface area contributed by atoms with Gasteiger partial charge in [-0.3, -0.25) is 5.41 Å². The zero-order chi connectivity index (χ0) is 23.7. The average Bonchev–Trinajstić information content (AvgIpc) is 3.09. The number of anilines is 1. The van der Waals surface area contributed by atoms with Crippen molar-refractivity contribution in [2.24, 2.45) is 11.5 Å². The Morgan fingerprint density at radius 1 is 0.906 bits per heavy atom. The van der Waals surface area contributed by atoms with Crippen molar-refractivity contribution < 1.29 is 0 Å². The first-order valence-electron chi connectivity index (χ1n) is 10.3. The molecule has 0 aliphatic rings. The second-order valence-electron chi connectivity index (χ2n) is 6.60. The molecule has 6 N–H and O–H groups in total. The topological polar surface area (TPSA) is 92.8 Å². The van der Waals surface area contributed by atoms with Crippen LogP contribution in [0.15, 0.2) is 54.6 Å². The number of rotatable bonds is 5. The van der Waals surface area contributed by atoms with Gasteiger partial charge in [0.1, 0.15) is 0 Å². The lowest BCUT2D eigenvalue weighted by Gasteiger charge is -2.10. The first-order chi connectivity index (χ1) is 15.5. The van der Waals surface area contributed by atoms with Gasteiger partial charge in [-0.1, -0.05) is 60.8 Å². The fourth-order valence-electron chi connectivity index (χ4n) is 3.41. The molecule has 0 atom stereocenters. The van der Waals surface area contributed by atoms with Crippen molar-refractivity contribution in [2.45, 2.75) is 26.9 Å². The normalized spacial score (nSPS) is 10.2. The summed E-state index contributed by atoms with van der Waals surface area (Å²) < 4.78 is 2.24. The molecule has 0 radical (unpaired) electrons. The van der Waals surface area contributed by atoms with E-state index in [1.54, 1.807) is 0 Å². The van der Waals surface area contributed by atoms with Crippen molar-refractivity contribution in [3.05, 3.63) is 75.2 Å². The van der Waals surface area contributed by atoms with Gasteiger partial charge in [0, 0.05) is 46.6 Å². The van der Waals surface area contributed by atoms with Crippen LogP contribution in [-0.4, -0.2) is 17.5 Å². The number of nitrogens with one attached hydrogen (secondary N) is 2. The molecule has 0 saturated heterocycles. The molecule has 0 saturated carbocycles. The summed E-state index contributed by atoms with van der Waals surface area (Å²) in [6.07, 6.45) is 0.750. The fraction of sp³-hybridized carbons (Fsp3) is 0.208. The SMILES string of the molecule is CC.N=CN.NCCn1c2ccc(Cl)cc2c2ccc(NCc3ccc(Cl)c(Cl)c3)cc21. The molecular weight excluding hydrogens is 465 g/mol. The highest BCUT2D eigenvalue weighted by Crippen LogP contribution is 2.33. The summed E-state index contributed by atoms with van der Waals surface area (Å²) in [5, 5.41) is 13.5. The second kappa shape index (κ2) is 12.6. The number of hydrogen-bond donors (Lipinski definition) is 4. The molecule has 1 aromatic heterocycles. The maximum atomic E-state index is 6.21. The van der Waals surface area contributed by atoms with E-state index in [1.807, 2.05) is 44.2 Å². The molecule has 1 heterocycles. The Kier molecular flexibility index (Phi) is 10.1. The lowest BCUT2D eigenvalue weighted by atomic mass is 10.1. The monoisotopic (exact) mass is 491 g/mol. The standard InChI is InChI=1S/C21H18Cl3N3.C2H6.CH4N2/c22-14-2-6-20-17(10-14)16-4-3-15(11-21(16)27(20)8-7-25)26-12-13-1-5-18(23)19(24)9-13;1-2;2-1-3/h1-6,9-11,26H,7-8,12,25H2;1-2H3;1H,(H3,2,3). The van der Waals surface area contributed by atoms with Crippen molar-refractivity contribution in [3.63, 3.8) is 0 Å². The minimum absolute atomic E-state index is 0.561. The summed E-state index contributed by atoms with van der Waals surface area (Å²) in [5.41, 5.74) is 14.6. The van der Waals surface area contributed by atoms with E-state index in [4.69, 9.17) is 45.9 Å². The Labute approximate surface area is 203 Å². The van der Waals surface area contributed by atoms with E-state index < -0.39 is 0 Å². The van der Waals surface area contributed by atoms with Crippen molar-refractivity contribution in [1.29, 1.82) is 5.41 Å². The molecule has 0 fully saturated rings. The van der Waals surface area contributed by atoms with Crippen LogP contribution in [0.3, 0.4) is 0 Å². The summed E-state index contributed by atoms with van der Waals surface area (Å²) in [4.78, 5) is 0. The Morgan fingerprint density at radius 2 is 1.62 bits per heavy atom. The summed E-state index contributed by atoms with van der Waals surface area (Å²) in [6, 6.07) is 18.0. The van der Waals surface area contributed by atoms with Crippen molar-refractivity contribution in [2.75, 3.05) is 11.9 Å². The second-order valence-corrected chi connectivity index (χ2v) is 7.85. The Hall–Kier alpha value is -2.44. The number of aromatic nitrogens is 1. The molecular formula is C24H28Cl3N5. The Bertz CT molecular complexity index is 1190. The molecule has 4 aromatic rings. The van der Waals surface area contributed by atoms with E-state index in [9.17, 15) is 0 Å². The number of halogens is 3. The number of benzene rings is 3.